The molecule has 0 atom stereocenters. The first-order chi connectivity index (χ1) is 30.2. The number of benzene rings is 10. The van der Waals surface area contributed by atoms with Gasteiger partial charge in [-0.05, 0) is 96.0 Å². The molecule has 0 spiro atoms. The van der Waals surface area contributed by atoms with Crippen LogP contribution in [0.2, 0.25) is 0 Å². The van der Waals surface area contributed by atoms with Gasteiger partial charge in [-0.1, -0.05) is 188 Å². The molecule has 0 amide bonds. The zero-order valence-corrected chi connectivity index (χ0v) is 33.1. The largest absolute Gasteiger partial charge is 0.456 e. The lowest BCUT2D eigenvalue weighted by molar-refractivity contribution is 0.669. The SMILES string of the molecule is c1ccc(-c2nc(-c3ccc(-c4c5ccccc5c(-c5ccccc5)c5c4ccc4ccccc45)cc3)cc(-c3cccc(-c4ccc5oc6ccccc6c5c4)c3)n2)cc1. The normalized spacial score (nSPS) is 11.6. The van der Waals surface area contributed by atoms with Crippen LogP contribution in [-0.4, -0.2) is 9.97 Å². The van der Waals surface area contributed by atoms with Crippen molar-refractivity contribution in [2.45, 2.75) is 0 Å². The molecule has 0 fully saturated rings. The van der Waals surface area contributed by atoms with Gasteiger partial charge in [0, 0.05) is 27.5 Å². The second kappa shape index (κ2) is 14.3. The molecule has 2 aromatic heterocycles. The zero-order valence-electron chi connectivity index (χ0n) is 33.1. The Kier molecular flexibility index (Phi) is 8.17. The molecule has 0 N–H and O–H groups in total. The summed E-state index contributed by atoms with van der Waals surface area (Å²) in [6.45, 7) is 0. The van der Waals surface area contributed by atoms with Crippen molar-refractivity contribution in [1.82, 2.24) is 9.97 Å². The predicted molar refractivity (Wildman–Crippen MR) is 254 cm³/mol. The number of para-hydroxylation sites is 1. The number of furan rings is 1. The molecule has 10 aromatic carbocycles. The average Bonchev–Trinajstić information content (AvgIpc) is 3.72. The Balaban J connectivity index is 0.999. The van der Waals surface area contributed by atoms with Crippen LogP contribution in [-0.2, 0) is 0 Å². The van der Waals surface area contributed by atoms with E-state index in [0.717, 1.165) is 66.7 Å². The second-order valence-corrected chi connectivity index (χ2v) is 15.7. The summed E-state index contributed by atoms with van der Waals surface area (Å²) in [4.78, 5) is 10.4. The summed E-state index contributed by atoms with van der Waals surface area (Å²) in [6.07, 6.45) is 0. The molecule has 284 valence electrons. The summed E-state index contributed by atoms with van der Waals surface area (Å²) >= 11 is 0. The molecule has 0 aliphatic carbocycles. The van der Waals surface area contributed by atoms with E-state index in [1.54, 1.807) is 0 Å². The van der Waals surface area contributed by atoms with Crippen molar-refractivity contribution in [3.05, 3.63) is 218 Å². The maximum absolute atomic E-state index is 6.14. The number of hydrogen-bond donors (Lipinski definition) is 0. The van der Waals surface area contributed by atoms with Gasteiger partial charge in [-0.25, -0.2) is 9.97 Å². The topological polar surface area (TPSA) is 38.9 Å². The maximum atomic E-state index is 6.14. The van der Waals surface area contributed by atoms with Crippen molar-refractivity contribution >= 4 is 54.3 Å². The summed E-state index contributed by atoms with van der Waals surface area (Å²) in [5.41, 5.74) is 13.7. The lowest BCUT2D eigenvalue weighted by Gasteiger charge is -2.19. The van der Waals surface area contributed by atoms with E-state index < -0.39 is 0 Å². The average molecular weight is 777 g/mol. The van der Waals surface area contributed by atoms with Crippen LogP contribution in [0, 0.1) is 0 Å². The van der Waals surface area contributed by atoms with Crippen molar-refractivity contribution in [3.8, 4) is 67.3 Å². The van der Waals surface area contributed by atoms with Crippen LogP contribution < -0.4 is 0 Å². The van der Waals surface area contributed by atoms with E-state index in [0.29, 0.717) is 5.82 Å². The van der Waals surface area contributed by atoms with Crippen LogP contribution in [0.15, 0.2) is 223 Å². The summed E-state index contributed by atoms with van der Waals surface area (Å²) in [5.74, 6) is 0.689. The van der Waals surface area contributed by atoms with Gasteiger partial charge in [-0.3, -0.25) is 0 Å². The Bertz CT molecular complexity index is 3630. The van der Waals surface area contributed by atoms with E-state index in [1.807, 2.05) is 30.3 Å². The minimum atomic E-state index is 0.689. The molecular formula is C58H36N2O. The fourth-order valence-corrected chi connectivity index (χ4v) is 9.19. The monoisotopic (exact) mass is 776 g/mol. The van der Waals surface area contributed by atoms with Gasteiger partial charge >= 0.3 is 0 Å². The summed E-state index contributed by atoms with van der Waals surface area (Å²) in [5, 5.41) is 9.69. The first-order valence-electron chi connectivity index (χ1n) is 20.7. The van der Waals surface area contributed by atoms with Gasteiger partial charge in [-0.2, -0.15) is 0 Å². The Morgan fingerprint density at radius 2 is 0.820 bits per heavy atom. The third-order valence-electron chi connectivity index (χ3n) is 12.1. The third-order valence-corrected chi connectivity index (χ3v) is 12.1. The predicted octanol–water partition coefficient (Wildman–Crippen LogP) is 15.8. The lowest BCUT2D eigenvalue weighted by atomic mass is 9.84. The highest BCUT2D eigenvalue weighted by Crippen LogP contribution is 2.46. The Hall–Kier alpha value is -8.14. The van der Waals surface area contributed by atoms with E-state index in [9.17, 15) is 0 Å². The molecule has 0 bridgehead atoms. The quantitative estimate of drug-likeness (QED) is 0.125. The van der Waals surface area contributed by atoms with Crippen LogP contribution in [0.1, 0.15) is 0 Å². The van der Waals surface area contributed by atoms with Gasteiger partial charge < -0.3 is 4.42 Å². The smallest absolute Gasteiger partial charge is 0.160 e. The minimum Gasteiger partial charge on any atom is -0.456 e. The molecule has 0 radical (unpaired) electrons. The van der Waals surface area contributed by atoms with Crippen molar-refractivity contribution in [3.63, 3.8) is 0 Å². The standard InChI is InChI=1S/C58H36N2O/c1-3-15-39(16-4-1)56-48-24-10-9-23-47(48)55(49-32-30-37-14-7-8-21-45(37)57(49)56)40-28-26-38(27-29-40)51-36-52(60-58(59-51)41-17-5-2-6-18-41)44-20-13-19-42(34-44)43-31-33-54-50(35-43)46-22-11-12-25-53(46)61-54/h1-36H. The highest BCUT2D eigenvalue weighted by atomic mass is 16.3. The molecule has 12 aromatic rings. The summed E-state index contributed by atoms with van der Waals surface area (Å²) in [6, 6.07) is 77.6. The van der Waals surface area contributed by atoms with Gasteiger partial charge in [0.2, 0.25) is 0 Å². The van der Waals surface area contributed by atoms with E-state index in [-0.39, 0.29) is 0 Å². The first kappa shape index (κ1) is 34.9. The van der Waals surface area contributed by atoms with Crippen molar-refractivity contribution in [2.24, 2.45) is 0 Å². The molecule has 0 unspecified atom stereocenters. The molecule has 61 heavy (non-hydrogen) atoms. The maximum Gasteiger partial charge on any atom is 0.160 e. The number of nitrogens with zero attached hydrogens (tertiary/aromatic N) is 2. The Morgan fingerprint density at radius 3 is 1.61 bits per heavy atom. The van der Waals surface area contributed by atoms with E-state index in [1.165, 1.54) is 49.0 Å². The lowest BCUT2D eigenvalue weighted by Crippen LogP contribution is -1.96. The van der Waals surface area contributed by atoms with Crippen LogP contribution in [0.25, 0.3) is 122 Å². The first-order valence-corrected chi connectivity index (χ1v) is 20.7. The molecule has 12 rings (SSSR count). The molecule has 0 saturated heterocycles. The van der Waals surface area contributed by atoms with E-state index in [2.05, 4.69) is 188 Å². The molecular weight excluding hydrogens is 741 g/mol. The number of fused-ring (bicyclic) bond motifs is 7. The van der Waals surface area contributed by atoms with Gasteiger partial charge in [0.15, 0.2) is 5.82 Å². The zero-order chi connectivity index (χ0) is 40.3. The summed E-state index contributed by atoms with van der Waals surface area (Å²) in [7, 11) is 0. The minimum absolute atomic E-state index is 0.689. The van der Waals surface area contributed by atoms with Crippen molar-refractivity contribution < 1.29 is 4.42 Å². The van der Waals surface area contributed by atoms with Crippen molar-refractivity contribution in [1.29, 1.82) is 0 Å². The van der Waals surface area contributed by atoms with Crippen LogP contribution >= 0.6 is 0 Å². The van der Waals surface area contributed by atoms with Crippen LogP contribution in [0.4, 0.5) is 0 Å². The summed E-state index contributed by atoms with van der Waals surface area (Å²) < 4.78 is 6.14. The number of rotatable bonds is 6. The molecule has 2 heterocycles. The molecule has 0 saturated carbocycles. The Morgan fingerprint density at radius 1 is 0.279 bits per heavy atom. The van der Waals surface area contributed by atoms with Gasteiger partial charge in [0.25, 0.3) is 0 Å². The highest BCUT2D eigenvalue weighted by molar-refractivity contribution is 6.28. The Labute approximate surface area is 352 Å². The second-order valence-electron chi connectivity index (χ2n) is 15.7. The third kappa shape index (κ3) is 5.98. The fraction of sp³-hybridized carbons (Fsp3) is 0. The van der Waals surface area contributed by atoms with E-state index >= 15 is 0 Å². The van der Waals surface area contributed by atoms with Crippen LogP contribution in [0.3, 0.4) is 0 Å². The highest BCUT2D eigenvalue weighted by Gasteiger charge is 2.19. The van der Waals surface area contributed by atoms with Gasteiger partial charge in [0.05, 0.1) is 11.4 Å². The van der Waals surface area contributed by atoms with E-state index in [4.69, 9.17) is 14.4 Å². The van der Waals surface area contributed by atoms with Crippen molar-refractivity contribution in [2.75, 3.05) is 0 Å². The molecule has 3 heteroatoms. The van der Waals surface area contributed by atoms with Gasteiger partial charge in [0.1, 0.15) is 11.2 Å². The fourth-order valence-electron chi connectivity index (χ4n) is 9.19. The molecule has 3 nitrogen and oxygen atoms in total. The number of aromatic nitrogens is 2. The molecule has 0 aliphatic rings. The molecule has 0 aliphatic heterocycles. The van der Waals surface area contributed by atoms with Gasteiger partial charge in [-0.15, -0.1) is 0 Å². The van der Waals surface area contributed by atoms with Crippen LogP contribution in [0.5, 0.6) is 0 Å². The number of hydrogen-bond acceptors (Lipinski definition) is 3.